The quantitative estimate of drug-likeness (QED) is 0.487. The number of phenols is 1. The highest BCUT2D eigenvalue weighted by Gasteiger charge is 2.34. The summed E-state index contributed by atoms with van der Waals surface area (Å²) >= 11 is 6.32. The maximum Gasteiger partial charge on any atom is 0.408 e. The van der Waals surface area contributed by atoms with Crippen LogP contribution in [0.5, 0.6) is 5.75 Å². The first-order valence-electron chi connectivity index (χ1n) is 11.4. The Labute approximate surface area is 211 Å². The van der Waals surface area contributed by atoms with E-state index in [-0.39, 0.29) is 12.3 Å². The van der Waals surface area contributed by atoms with Crippen molar-refractivity contribution in [2.45, 2.75) is 66.2 Å². The molecule has 0 spiro atoms. The van der Waals surface area contributed by atoms with Crippen molar-refractivity contribution >= 4 is 35.2 Å². The summed E-state index contributed by atoms with van der Waals surface area (Å²) in [7, 11) is 0. The number of halogens is 1. The molecule has 8 nitrogen and oxygen atoms in total. The van der Waals surface area contributed by atoms with Gasteiger partial charge in [-0.3, -0.25) is 9.59 Å². The molecule has 3 N–H and O–H groups in total. The van der Waals surface area contributed by atoms with Crippen molar-refractivity contribution < 1.29 is 24.2 Å². The summed E-state index contributed by atoms with van der Waals surface area (Å²) in [6.45, 7) is 12.1. The fourth-order valence-corrected chi connectivity index (χ4v) is 3.83. The molecule has 0 aliphatic rings. The van der Waals surface area contributed by atoms with Gasteiger partial charge in [0.15, 0.2) is 0 Å². The Morgan fingerprint density at radius 2 is 1.77 bits per heavy atom. The maximum atomic E-state index is 13.6. The largest absolute Gasteiger partial charge is 0.508 e. The molecule has 0 aromatic heterocycles. The van der Waals surface area contributed by atoms with Crippen LogP contribution < -0.4 is 10.6 Å². The summed E-state index contributed by atoms with van der Waals surface area (Å²) < 4.78 is 5.26. The fraction of sp³-hybridized carbons (Fsp3) is 0.423. The lowest BCUT2D eigenvalue weighted by atomic mass is 10.00. The molecule has 2 unspecified atom stereocenters. The number of ether oxygens (including phenoxy) is 1. The van der Waals surface area contributed by atoms with Gasteiger partial charge in [-0.2, -0.15) is 0 Å². The number of aryl methyl sites for hydroxylation is 2. The van der Waals surface area contributed by atoms with Crippen LogP contribution in [0, 0.1) is 13.8 Å². The van der Waals surface area contributed by atoms with E-state index in [0.717, 1.165) is 5.56 Å². The average Bonchev–Trinajstić information content (AvgIpc) is 2.74. The van der Waals surface area contributed by atoms with Crippen LogP contribution in [0.25, 0.3) is 0 Å². The number of alkyl carbamates (subject to hydrolysis) is 1. The molecule has 2 rings (SSSR count). The van der Waals surface area contributed by atoms with E-state index in [1.54, 1.807) is 58.9 Å². The number of anilines is 1. The predicted octanol–water partition coefficient (Wildman–Crippen LogP) is 5.10. The Morgan fingerprint density at radius 3 is 2.31 bits per heavy atom. The number of hydrogen-bond acceptors (Lipinski definition) is 5. The maximum absolute atomic E-state index is 13.6. The number of rotatable bonds is 7. The van der Waals surface area contributed by atoms with Crippen LogP contribution in [0.4, 0.5) is 10.5 Å². The second-order valence-electron chi connectivity index (χ2n) is 9.36. The smallest absolute Gasteiger partial charge is 0.408 e. The van der Waals surface area contributed by atoms with Crippen LogP contribution >= 0.6 is 11.6 Å². The van der Waals surface area contributed by atoms with Gasteiger partial charge in [-0.05, 0) is 83.4 Å². The zero-order valence-electron chi connectivity index (χ0n) is 21.2. The van der Waals surface area contributed by atoms with Crippen molar-refractivity contribution in [1.29, 1.82) is 0 Å². The molecule has 0 fully saturated rings. The Hall–Kier alpha value is -3.26. The first kappa shape index (κ1) is 28.0. The molecule has 35 heavy (non-hydrogen) atoms. The number of hydrogen-bond donors (Lipinski definition) is 3. The van der Waals surface area contributed by atoms with Gasteiger partial charge in [0.25, 0.3) is 5.91 Å². The number of amides is 3. The number of nitrogens with one attached hydrogen (secondary N) is 2. The van der Waals surface area contributed by atoms with Gasteiger partial charge in [-0.15, -0.1) is 0 Å². The Bertz CT molecular complexity index is 1080. The summed E-state index contributed by atoms with van der Waals surface area (Å²) in [5.74, 6) is -0.879. The third-order valence-electron chi connectivity index (χ3n) is 5.29. The Kier molecular flexibility index (Phi) is 9.15. The van der Waals surface area contributed by atoms with E-state index in [1.807, 2.05) is 13.0 Å². The molecule has 0 aliphatic heterocycles. The van der Waals surface area contributed by atoms with Gasteiger partial charge in [0, 0.05) is 6.54 Å². The number of para-hydroxylation sites is 1. The predicted molar refractivity (Wildman–Crippen MR) is 137 cm³/mol. The molecule has 2 atom stereocenters. The van der Waals surface area contributed by atoms with Gasteiger partial charge >= 0.3 is 6.09 Å². The van der Waals surface area contributed by atoms with Gasteiger partial charge in [0.05, 0.1) is 10.7 Å². The van der Waals surface area contributed by atoms with Crippen molar-refractivity contribution in [2.24, 2.45) is 0 Å². The third kappa shape index (κ3) is 7.36. The zero-order chi connectivity index (χ0) is 26.5. The van der Waals surface area contributed by atoms with E-state index in [4.69, 9.17) is 16.3 Å². The molecule has 3 amide bonds. The summed E-state index contributed by atoms with van der Waals surface area (Å²) in [5.41, 5.74) is 1.54. The van der Waals surface area contributed by atoms with Crippen molar-refractivity contribution in [3.8, 4) is 5.75 Å². The van der Waals surface area contributed by atoms with Gasteiger partial charge in [-0.25, -0.2) is 4.79 Å². The van der Waals surface area contributed by atoms with E-state index in [1.165, 1.54) is 17.9 Å². The fourth-order valence-electron chi connectivity index (χ4n) is 3.56. The van der Waals surface area contributed by atoms with Crippen molar-refractivity contribution in [3.63, 3.8) is 0 Å². The second kappa shape index (κ2) is 11.4. The minimum absolute atomic E-state index is 0.0733. The molecule has 0 aliphatic carbocycles. The number of phenolic OH excluding ortho intramolecular Hbond substituents is 1. The monoisotopic (exact) mass is 503 g/mol. The highest BCUT2D eigenvalue weighted by atomic mass is 35.5. The number of carbonyl (C=O) groups excluding carboxylic acids is 3. The van der Waals surface area contributed by atoms with Gasteiger partial charge in [0.1, 0.15) is 23.4 Å². The number of carbonyl (C=O) groups is 3. The molecule has 190 valence electrons. The van der Waals surface area contributed by atoms with Crippen LogP contribution in [-0.4, -0.2) is 46.1 Å². The van der Waals surface area contributed by atoms with Crippen molar-refractivity contribution in [2.75, 3.05) is 11.9 Å². The SMILES string of the molecule is CCN(C(=O)C(C)NC(=O)OC(C)(C)C)C(C(=O)Nc1c(C)cccc1Cl)c1ccc(O)c(C)c1. The second-order valence-corrected chi connectivity index (χ2v) is 9.77. The topological polar surface area (TPSA) is 108 Å². The Morgan fingerprint density at radius 1 is 1.11 bits per heavy atom. The number of benzene rings is 2. The van der Waals surface area contributed by atoms with Crippen LogP contribution in [0.3, 0.4) is 0 Å². The van der Waals surface area contributed by atoms with E-state index in [9.17, 15) is 19.5 Å². The third-order valence-corrected chi connectivity index (χ3v) is 5.61. The minimum atomic E-state index is -1.05. The molecular weight excluding hydrogens is 470 g/mol. The molecule has 0 bridgehead atoms. The molecule has 0 saturated carbocycles. The molecule has 2 aromatic carbocycles. The highest BCUT2D eigenvalue weighted by Crippen LogP contribution is 2.30. The molecule has 9 heteroatoms. The van der Waals surface area contributed by atoms with Crippen LogP contribution in [0.1, 0.15) is 57.4 Å². The number of nitrogens with zero attached hydrogens (tertiary/aromatic N) is 1. The van der Waals surface area contributed by atoms with Crippen LogP contribution in [0.15, 0.2) is 36.4 Å². The molecule has 0 saturated heterocycles. The van der Waals surface area contributed by atoms with E-state index in [0.29, 0.717) is 21.8 Å². The summed E-state index contributed by atoms with van der Waals surface area (Å²) in [5, 5.41) is 15.8. The minimum Gasteiger partial charge on any atom is -0.508 e. The van der Waals surface area contributed by atoms with E-state index >= 15 is 0 Å². The summed E-state index contributed by atoms with van der Waals surface area (Å²) in [6.07, 6.45) is -0.734. The lowest BCUT2D eigenvalue weighted by Crippen LogP contribution is -2.51. The highest BCUT2D eigenvalue weighted by molar-refractivity contribution is 6.34. The summed E-state index contributed by atoms with van der Waals surface area (Å²) in [6, 6.07) is 7.98. The number of aromatic hydroxyl groups is 1. The standard InChI is InChI=1S/C26H34ClN3O5/c1-8-30(24(33)17(4)28-25(34)35-26(5,6)7)22(18-12-13-20(31)16(3)14-18)23(32)29-21-15(2)10-9-11-19(21)27/h9-14,17,22,31H,8H2,1-7H3,(H,28,34)(H,29,32). The van der Waals surface area contributed by atoms with Crippen molar-refractivity contribution in [1.82, 2.24) is 10.2 Å². The van der Waals surface area contributed by atoms with Gasteiger partial charge in [-0.1, -0.05) is 29.8 Å². The lowest BCUT2D eigenvalue weighted by molar-refractivity contribution is -0.140. The Balaban J connectivity index is 2.43. The molecular formula is C26H34ClN3O5. The molecule has 2 aromatic rings. The zero-order valence-corrected chi connectivity index (χ0v) is 22.0. The van der Waals surface area contributed by atoms with E-state index < -0.39 is 35.6 Å². The van der Waals surface area contributed by atoms with Crippen LogP contribution in [-0.2, 0) is 14.3 Å². The summed E-state index contributed by atoms with van der Waals surface area (Å²) in [4.78, 5) is 40.6. The van der Waals surface area contributed by atoms with E-state index in [2.05, 4.69) is 10.6 Å². The normalized spacial score (nSPS) is 12.9. The van der Waals surface area contributed by atoms with Gasteiger partial charge in [0.2, 0.25) is 5.91 Å². The van der Waals surface area contributed by atoms with Crippen molar-refractivity contribution in [3.05, 3.63) is 58.1 Å². The first-order chi connectivity index (χ1) is 16.2. The van der Waals surface area contributed by atoms with Gasteiger partial charge < -0.3 is 25.4 Å². The molecule has 0 heterocycles. The lowest BCUT2D eigenvalue weighted by Gasteiger charge is -2.33. The van der Waals surface area contributed by atoms with Crippen LogP contribution in [0.2, 0.25) is 5.02 Å². The first-order valence-corrected chi connectivity index (χ1v) is 11.8. The number of likely N-dealkylation sites (N-methyl/N-ethyl adjacent to an activating group) is 1. The molecule has 0 radical (unpaired) electrons. The average molecular weight is 504 g/mol.